The number of benzene rings is 1. The zero-order valence-corrected chi connectivity index (χ0v) is 14.6. The highest BCUT2D eigenvalue weighted by molar-refractivity contribution is 5.76. The van der Waals surface area contributed by atoms with E-state index in [1.807, 2.05) is 17.0 Å². The number of ether oxygens (including phenoxy) is 3. The maximum Gasteiger partial charge on any atom is 0.317 e. The Morgan fingerprint density at radius 3 is 2.96 bits per heavy atom. The van der Waals surface area contributed by atoms with Crippen LogP contribution in [0.3, 0.4) is 0 Å². The van der Waals surface area contributed by atoms with Crippen molar-refractivity contribution in [3.05, 3.63) is 17.7 Å². The maximum atomic E-state index is 11.9. The fraction of sp³-hybridized carbons (Fsp3) is 0.611. The highest BCUT2D eigenvalue weighted by Crippen LogP contribution is 2.40. The molecule has 1 aromatic rings. The van der Waals surface area contributed by atoms with Gasteiger partial charge in [0.25, 0.3) is 0 Å². The van der Waals surface area contributed by atoms with Gasteiger partial charge in [0.2, 0.25) is 5.75 Å². The molecule has 7 nitrogen and oxygen atoms in total. The summed E-state index contributed by atoms with van der Waals surface area (Å²) < 4.78 is 16.9. The van der Waals surface area contributed by atoms with E-state index in [-0.39, 0.29) is 6.03 Å². The first-order valence-corrected chi connectivity index (χ1v) is 8.98. The Bertz CT molecular complexity index is 634. The lowest BCUT2D eigenvalue weighted by Crippen LogP contribution is -2.48. The average Bonchev–Trinajstić information content (AvgIpc) is 3.07. The van der Waals surface area contributed by atoms with Crippen LogP contribution in [0.1, 0.15) is 18.4 Å². The molecule has 3 aliphatic heterocycles. The zero-order chi connectivity index (χ0) is 17.2. The number of nitrogens with zero attached hydrogens (tertiary/aromatic N) is 2. The normalized spacial score (nSPS) is 23.5. The number of rotatable bonds is 4. The van der Waals surface area contributed by atoms with E-state index in [2.05, 4.69) is 10.2 Å². The third-order valence-electron chi connectivity index (χ3n) is 5.11. The molecule has 0 bridgehead atoms. The second-order valence-corrected chi connectivity index (χ2v) is 6.78. The molecule has 25 heavy (non-hydrogen) atoms. The van der Waals surface area contributed by atoms with Gasteiger partial charge >= 0.3 is 6.03 Å². The molecule has 1 atom stereocenters. The van der Waals surface area contributed by atoms with Crippen molar-refractivity contribution in [2.24, 2.45) is 0 Å². The molecule has 1 N–H and O–H groups in total. The van der Waals surface area contributed by atoms with Crippen molar-refractivity contribution in [1.29, 1.82) is 0 Å². The zero-order valence-electron chi connectivity index (χ0n) is 14.6. The molecule has 2 amide bonds. The quantitative estimate of drug-likeness (QED) is 0.893. The summed E-state index contributed by atoms with van der Waals surface area (Å²) in [6.07, 6.45) is 2.19. The molecule has 0 aliphatic carbocycles. The average molecular weight is 347 g/mol. The highest BCUT2D eigenvalue weighted by Gasteiger charge is 2.31. The minimum Gasteiger partial charge on any atom is -0.493 e. The number of methoxy groups -OCH3 is 1. The molecule has 1 unspecified atom stereocenters. The van der Waals surface area contributed by atoms with Crippen LogP contribution < -0.4 is 19.5 Å². The van der Waals surface area contributed by atoms with Gasteiger partial charge in [0.15, 0.2) is 11.5 Å². The molecule has 2 fully saturated rings. The molecule has 0 saturated carbocycles. The lowest BCUT2D eigenvalue weighted by Gasteiger charge is -2.37. The Balaban J connectivity index is 1.47. The van der Waals surface area contributed by atoms with Crippen molar-refractivity contribution in [3.63, 3.8) is 0 Å². The number of likely N-dealkylation sites (tertiary alicyclic amines) is 1. The molecule has 3 aliphatic rings. The Morgan fingerprint density at radius 1 is 1.28 bits per heavy atom. The number of urea groups is 1. The minimum atomic E-state index is 0.0767. The molecule has 0 aromatic heterocycles. The van der Waals surface area contributed by atoms with Crippen LogP contribution in [0.25, 0.3) is 0 Å². The van der Waals surface area contributed by atoms with Gasteiger partial charge in [-0.15, -0.1) is 0 Å². The van der Waals surface area contributed by atoms with E-state index >= 15 is 0 Å². The number of hydrogen-bond donors (Lipinski definition) is 1. The summed E-state index contributed by atoms with van der Waals surface area (Å²) in [5.74, 6) is 2.18. The number of amides is 2. The molecular formula is C18H25N3O4. The molecule has 3 heterocycles. The van der Waals surface area contributed by atoms with Gasteiger partial charge < -0.3 is 24.4 Å². The second kappa shape index (κ2) is 7.00. The van der Waals surface area contributed by atoms with Crippen LogP contribution >= 0.6 is 0 Å². The largest absolute Gasteiger partial charge is 0.493 e. The van der Waals surface area contributed by atoms with Crippen molar-refractivity contribution in [3.8, 4) is 17.2 Å². The SMILES string of the molecule is COc1cc(CN2CCCC(N3CCNC3=O)C2)cc2c1OCCO2. The van der Waals surface area contributed by atoms with Crippen molar-refractivity contribution in [2.75, 3.05) is 46.5 Å². The van der Waals surface area contributed by atoms with E-state index < -0.39 is 0 Å². The highest BCUT2D eigenvalue weighted by atomic mass is 16.6. The standard InChI is InChI=1S/C18H25N3O4/c1-23-15-9-13(10-16-17(15)25-8-7-24-16)11-20-5-2-3-14(12-20)21-6-4-19-18(21)22/h9-10,14H,2-8,11-12H2,1H3,(H,19,22). The Kier molecular flexibility index (Phi) is 4.57. The number of hydrogen-bond acceptors (Lipinski definition) is 5. The van der Waals surface area contributed by atoms with E-state index in [0.29, 0.717) is 25.0 Å². The third-order valence-corrected chi connectivity index (χ3v) is 5.11. The second-order valence-electron chi connectivity index (χ2n) is 6.78. The number of piperidine rings is 1. The summed E-state index contributed by atoms with van der Waals surface area (Å²) >= 11 is 0. The van der Waals surface area contributed by atoms with Crippen molar-refractivity contribution in [1.82, 2.24) is 15.1 Å². The summed E-state index contributed by atoms with van der Waals surface area (Å²) in [5, 5.41) is 2.90. The van der Waals surface area contributed by atoms with Gasteiger partial charge in [-0.2, -0.15) is 0 Å². The lowest BCUT2D eigenvalue weighted by molar-refractivity contribution is 0.121. The Labute approximate surface area is 147 Å². The molecule has 1 aromatic carbocycles. The van der Waals surface area contributed by atoms with E-state index in [4.69, 9.17) is 14.2 Å². The van der Waals surface area contributed by atoms with Gasteiger partial charge in [0.05, 0.1) is 7.11 Å². The number of nitrogens with one attached hydrogen (secondary N) is 1. The van der Waals surface area contributed by atoms with Crippen LogP contribution in [0.2, 0.25) is 0 Å². The van der Waals surface area contributed by atoms with Crippen LogP contribution in [-0.4, -0.2) is 68.4 Å². The summed E-state index contributed by atoms with van der Waals surface area (Å²) in [6, 6.07) is 4.45. The van der Waals surface area contributed by atoms with Crippen LogP contribution in [0, 0.1) is 0 Å². The Morgan fingerprint density at radius 2 is 2.16 bits per heavy atom. The topological polar surface area (TPSA) is 63.3 Å². The summed E-state index contributed by atoms with van der Waals surface area (Å²) in [7, 11) is 1.65. The summed E-state index contributed by atoms with van der Waals surface area (Å²) in [4.78, 5) is 16.3. The van der Waals surface area contributed by atoms with E-state index in [0.717, 1.165) is 62.6 Å². The van der Waals surface area contributed by atoms with Gasteiger partial charge in [-0.25, -0.2) is 4.79 Å². The van der Waals surface area contributed by atoms with Crippen LogP contribution in [-0.2, 0) is 6.54 Å². The first kappa shape index (κ1) is 16.3. The van der Waals surface area contributed by atoms with Gasteiger partial charge in [-0.3, -0.25) is 4.90 Å². The fourth-order valence-electron chi connectivity index (χ4n) is 3.94. The lowest BCUT2D eigenvalue weighted by atomic mass is 10.0. The van der Waals surface area contributed by atoms with Crippen molar-refractivity contribution >= 4 is 6.03 Å². The van der Waals surface area contributed by atoms with E-state index in [9.17, 15) is 4.79 Å². The number of carbonyl (C=O) groups is 1. The first-order valence-electron chi connectivity index (χ1n) is 8.98. The van der Waals surface area contributed by atoms with E-state index in [1.165, 1.54) is 0 Å². The summed E-state index contributed by atoms with van der Waals surface area (Å²) in [5.41, 5.74) is 1.15. The Hall–Kier alpha value is -2.15. The molecular weight excluding hydrogens is 322 g/mol. The van der Waals surface area contributed by atoms with Crippen LogP contribution in [0.5, 0.6) is 17.2 Å². The number of carbonyl (C=O) groups excluding carboxylic acids is 1. The maximum absolute atomic E-state index is 11.9. The smallest absolute Gasteiger partial charge is 0.317 e. The van der Waals surface area contributed by atoms with Crippen molar-refractivity contribution < 1.29 is 19.0 Å². The van der Waals surface area contributed by atoms with Gasteiger partial charge in [0, 0.05) is 32.2 Å². The fourth-order valence-corrected chi connectivity index (χ4v) is 3.94. The predicted octanol–water partition coefficient (Wildman–Crippen LogP) is 1.46. The first-order chi connectivity index (χ1) is 12.2. The molecule has 2 saturated heterocycles. The predicted molar refractivity (Wildman–Crippen MR) is 92.4 cm³/mol. The van der Waals surface area contributed by atoms with Gasteiger partial charge in [0.1, 0.15) is 13.2 Å². The van der Waals surface area contributed by atoms with Gasteiger partial charge in [-0.05, 0) is 37.1 Å². The molecule has 0 spiro atoms. The molecule has 7 heteroatoms. The monoisotopic (exact) mass is 347 g/mol. The van der Waals surface area contributed by atoms with Crippen LogP contribution in [0.15, 0.2) is 12.1 Å². The van der Waals surface area contributed by atoms with Crippen molar-refractivity contribution in [2.45, 2.75) is 25.4 Å². The third kappa shape index (κ3) is 3.33. The molecule has 136 valence electrons. The molecule has 4 rings (SSSR count). The molecule has 0 radical (unpaired) electrons. The minimum absolute atomic E-state index is 0.0767. The van der Waals surface area contributed by atoms with E-state index in [1.54, 1.807) is 7.11 Å². The van der Waals surface area contributed by atoms with Crippen LogP contribution in [0.4, 0.5) is 4.79 Å². The summed E-state index contributed by atoms with van der Waals surface area (Å²) in [6.45, 7) is 5.46. The van der Waals surface area contributed by atoms with Gasteiger partial charge in [-0.1, -0.05) is 0 Å². The number of fused-ring (bicyclic) bond motifs is 1.